The second-order valence-electron chi connectivity index (χ2n) is 4.91. The molecule has 0 spiro atoms. The minimum atomic E-state index is -0.568. The fraction of sp³-hybridized carbons (Fsp3) is 0.375. The molecule has 8 heteroatoms. The van der Waals surface area contributed by atoms with Crippen molar-refractivity contribution in [3.8, 4) is 6.07 Å². The summed E-state index contributed by atoms with van der Waals surface area (Å²) in [5.41, 5.74) is 0.255. The van der Waals surface area contributed by atoms with Crippen molar-refractivity contribution in [2.75, 3.05) is 31.5 Å². The molecule has 0 atom stereocenters. The highest BCUT2D eigenvalue weighted by atomic mass is 16.6. The summed E-state index contributed by atoms with van der Waals surface area (Å²) in [6.07, 6.45) is 1.38. The number of nitro groups is 1. The van der Waals surface area contributed by atoms with E-state index < -0.39 is 10.8 Å². The zero-order valence-corrected chi connectivity index (χ0v) is 13.8. The van der Waals surface area contributed by atoms with Crippen LogP contribution in [0.25, 0.3) is 0 Å². The van der Waals surface area contributed by atoms with Gasteiger partial charge in [0, 0.05) is 37.1 Å². The molecular weight excluding hydrogens is 310 g/mol. The van der Waals surface area contributed by atoms with Crippen molar-refractivity contribution < 1.29 is 9.72 Å². The number of nitro benzene ring substituents is 1. The predicted molar refractivity (Wildman–Crippen MR) is 91.2 cm³/mol. The SMILES string of the molecule is CCN(CC)CCN/C=C(/C#N)C(=O)Nc1ccc([N+](=O)[O-])cc1. The van der Waals surface area contributed by atoms with Gasteiger partial charge in [-0.1, -0.05) is 13.8 Å². The summed E-state index contributed by atoms with van der Waals surface area (Å²) in [5, 5.41) is 25.1. The van der Waals surface area contributed by atoms with Crippen LogP contribution >= 0.6 is 0 Å². The fourth-order valence-corrected chi connectivity index (χ4v) is 1.95. The van der Waals surface area contributed by atoms with Crippen LogP contribution in [0, 0.1) is 21.4 Å². The Morgan fingerprint density at radius 2 is 1.96 bits per heavy atom. The van der Waals surface area contributed by atoms with Crippen molar-refractivity contribution in [2.45, 2.75) is 13.8 Å². The molecule has 0 radical (unpaired) electrons. The summed E-state index contributed by atoms with van der Waals surface area (Å²) >= 11 is 0. The van der Waals surface area contributed by atoms with E-state index in [0.717, 1.165) is 19.6 Å². The van der Waals surface area contributed by atoms with E-state index in [0.29, 0.717) is 12.2 Å². The van der Waals surface area contributed by atoms with Gasteiger partial charge in [-0.2, -0.15) is 5.26 Å². The lowest BCUT2D eigenvalue weighted by atomic mass is 10.2. The largest absolute Gasteiger partial charge is 0.388 e. The number of hydrogen-bond acceptors (Lipinski definition) is 6. The van der Waals surface area contributed by atoms with E-state index in [1.165, 1.54) is 30.5 Å². The zero-order chi connectivity index (χ0) is 17.9. The van der Waals surface area contributed by atoms with Crippen LogP contribution in [0.2, 0.25) is 0 Å². The standard InChI is InChI=1S/C16H21N5O3/c1-3-20(4-2)10-9-18-12-13(11-17)16(22)19-14-5-7-15(8-6-14)21(23)24/h5-8,12,18H,3-4,9-10H2,1-2H3,(H,19,22)/b13-12-. The number of nitrogens with one attached hydrogen (secondary N) is 2. The lowest BCUT2D eigenvalue weighted by Crippen LogP contribution is -2.30. The van der Waals surface area contributed by atoms with Gasteiger partial charge < -0.3 is 15.5 Å². The lowest BCUT2D eigenvalue weighted by Gasteiger charge is -2.17. The highest BCUT2D eigenvalue weighted by Gasteiger charge is 2.10. The van der Waals surface area contributed by atoms with Crippen molar-refractivity contribution in [1.29, 1.82) is 5.26 Å². The zero-order valence-electron chi connectivity index (χ0n) is 13.8. The first kappa shape index (κ1) is 19.1. The Bertz CT molecular complexity index is 630. The van der Waals surface area contributed by atoms with Gasteiger partial charge in [-0.05, 0) is 25.2 Å². The molecule has 1 rings (SSSR count). The third-order valence-electron chi connectivity index (χ3n) is 3.41. The van der Waals surface area contributed by atoms with Gasteiger partial charge in [0.15, 0.2) is 0 Å². The van der Waals surface area contributed by atoms with E-state index in [9.17, 15) is 14.9 Å². The Morgan fingerprint density at radius 3 is 2.46 bits per heavy atom. The van der Waals surface area contributed by atoms with E-state index in [1.807, 2.05) is 6.07 Å². The molecule has 0 aliphatic carbocycles. The molecule has 0 saturated carbocycles. The van der Waals surface area contributed by atoms with Gasteiger partial charge in [-0.15, -0.1) is 0 Å². The minimum absolute atomic E-state index is 0.0621. The Balaban J connectivity index is 2.58. The Kier molecular flexibility index (Phi) is 7.94. The van der Waals surface area contributed by atoms with Gasteiger partial charge >= 0.3 is 0 Å². The van der Waals surface area contributed by atoms with E-state index in [2.05, 4.69) is 29.4 Å². The quantitative estimate of drug-likeness (QED) is 0.235. The van der Waals surface area contributed by atoms with Crippen LogP contribution in [0.5, 0.6) is 0 Å². The van der Waals surface area contributed by atoms with Crippen LogP contribution in [-0.4, -0.2) is 41.9 Å². The number of anilines is 1. The Labute approximate surface area is 140 Å². The van der Waals surface area contributed by atoms with E-state index >= 15 is 0 Å². The van der Waals surface area contributed by atoms with Crippen LogP contribution in [0.1, 0.15) is 13.8 Å². The van der Waals surface area contributed by atoms with Gasteiger partial charge in [-0.25, -0.2) is 0 Å². The van der Waals surface area contributed by atoms with E-state index in [4.69, 9.17) is 5.26 Å². The highest BCUT2D eigenvalue weighted by molar-refractivity contribution is 6.06. The third kappa shape index (κ3) is 6.06. The maximum absolute atomic E-state index is 12.0. The van der Waals surface area contributed by atoms with Crippen molar-refractivity contribution in [3.05, 3.63) is 46.2 Å². The number of carbonyl (C=O) groups is 1. The van der Waals surface area contributed by atoms with Crippen molar-refractivity contribution in [1.82, 2.24) is 10.2 Å². The van der Waals surface area contributed by atoms with Crippen molar-refractivity contribution in [2.24, 2.45) is 0 Å². The first-order valence-electron chi connectivity index (χ1n) is 7.63. The minimum Gasteiger partial charge on any atom is -0.388 e. The molecule has 1 amide bonds. The van der Waals surface area contributed by atoms with E-state index in [-0.39, 0.29) is 11.3 Å². The summed E-state index contributed by atoms with van der Waals surface area (Å²) < 4.78 is 0. The number of nitrogens with zero attached hydrogens (tertiary/aromatic N) is 3. The first-order chi connectivity index (χ1) is 11.5. The second kappa shape index (κ2) is 9.97. The maximum Gasteiger partial charge on any atom is 0.269 e. The van der Waals surface area contributed by atoms with Gasteiger partial charge in [0.1, 0.15) is 11.6 Å². The molecule has 0 bridgehead atoms. The monoisotopic (exact) mass is 331 g/mol. The molecule has 1 aromatic rings. The highest BCUT2D eigenvalue weighted by Crippen LogP contribution is 2.15. The molecular formula is C16H21N5O3. The van der Waals surface area contributed by atoms with Crippen LogP contribution in [0.3, 0.4) is 0 Å². The molecule has 0 aliphatic rings. The smallest absolute Gasteiger partial charge is 0.269 e. The van der Waals surface area contributed by atoms with Crippen molar-refractivity contribution in [3.63, 3.8) is 0 Å². The van der Waals surface area contributed by atoms with Gasteiger partial charge in [0.2, 0.25) is 0 Å². The summed E-state index contributed by atoms with van der Waals surface area (Å²) in [6.45, 7) is 7.44. The molecule has 128 valence electrons. The number of hydrogen-bond donors (Lipinski definition) is 2. The first-order valence-corrected chi connectivity index (χ1v) is 7.63. The summed E-state index contributed by atoms with van der Waals surface area (Å²) in [6, 6.07) is 7.23. The summed E-state index contributed by atoms with van der Waals surface area (Å²) in [4.78, 5) is 24.3. The summed E-state index contributed by atoms with van der Waals surface area (Å²) in [7, 11) is 0. The number of non-ortho nitro benzene ring substituents is 1. The fourth-order valence-electron chi connectivity index (χ4n) is 1.95. The summed E-state index contributed by atoms with van der Waals surface area (Å²) in [5.74, 6) is -0.568. The normalized spacial score (nSPS) is 11.0. The van der Waals surface area contributed by atoms with Crippen molar-refractivity contribution >= 4 is 17.3 Å². The number of amides is 1. The number of likely N-dealkylation sites (N-methyl/N-ethyl adjacent to an activating group) is 1. The number of nitriles is 1. The average Bonchev–Trinajstić information content (AvgIpc) is 2.58. The average molecular weight is 331 g/mol. The lowest BCUT2D eigenvalue weighted by molar-refractivity contribution is -0.384. The van der Waals surface area contributed by atoms with Gasteiger partial charge in [0.05, 0.1) is 4.92 Å². The Hall–Kier alpha value is -2.92. The topological polar surface area (TPSA) is 111 Å². The van der Waals surface area contributed by atoms with Gasteiger partial charge in [-0.3, -0.25) is 14.9 Å². The van der Waals surface area contributed by atoms with Gasteiger partial charge in [0.25, 0.3) is 11.6 Å². The predicted octanol–water partition coefficient (Wildman–Crippen LogP) is 1.87. The number of carbonyl (C=O) groups excluding carboxylic acids is 1. The third-order valence-corrected chi connectivity index (χ3v) is 3.41. The van der Waals surface area contributed by atoms with E-state index in [1.54, 1.807) is 0 Å². The second-order valence-corrected chi connectivity index (χ2v) is 4.91. The number of benzene rings is 1. The molecule has 0 aliphatic heterocycles. The molecule has 0 saturated heterocycles. The van der Waals surface area contributed by atoms with Crippen LogP contribution in [0.4, 0.5) is 11.4 Å². The Morgan fingerprint density at radius 1 is 1.33 bits per heavy atom. The molecule has 0 heterocycles. The van der Waals surface area contributed by atoms with Crippen LogP contribution < -0.4 is 10.6 Å². The molecule has 24 heavy (non-hydrogen) atoms. The molecule has 0 unspecified atom stereocenters. The molecule has 2 N–H and O–H groups in total. The number of rotatable bonds is 9. The molecule has 0 fully saturated rings. The molecule has 0 aromatic heterocycles. The van der Waals surface area contributed by atoms with Crippen LogP contribution in [-0.2, 0) is 4.79 Å². The molecule has 1 aromatic carbocycles. The van der Waals surface area contributed by atoms with Crippen LogP contribution in [0.15, 0.2) is 36.0 Å². The molecule has 8 nitrogen and oxygen atoms in total. The maximum atomic E-state index is 12.0.